The maximum absolute atomic E-state index is 11.3. The lowest BCUT2D eigenvalue weighted by Crippen LogP contribution is -2.51. The van der Waals surface area contributed by atoms with Crippen LogP contribution < -0.4 is 4.90 Å². The molecule has 1 aromatic carbocycles. The second kappa shape index (κ2) is 6.41. The molecule has 0 aromatic heterocycles. The van der Waals surface area contributed by atoms with Crippen LogP contribution in [-0.2, 0) is 5.88 Å². The number of likely N-dealkylation sites (N-methyl/N-ethyl adjacent to an activating group) is 1. The van der Waals surface area contributed by atoms with Crippen molar-refractivity contribution < 1.29 is 4.92 Å². The minimum absolute atomic E-state index is 0.153. The molecule has 1 saturated heterocycles. The SMILES string of the molecule is CCN1CCN(c2ccc(CCl)cc2[N+](=O)[O-])CC1C. The van der Waals surface area contributed by atoms with Crippen LogP contribution in [0.3, 0.4) is 0 Å². The minimum Gasteiger partial charge on any atom is -0.363 e. The fraction of sp³-hybridized carbons (Fsp3) is 0.571. The molecule has 0 aliphatic carbocycles. The van der Waals surface area contributed by atoms with Gasteiger partial charge in [0.25, 0.3) is 5.69 Å². The van der Waals surface area contributed by atoms with Crippen LogP contribution in [0.5, 0.6) is 0 Å². The first-order valence-electron chi connectivity index (χ1n) is 6.89. The number of hydrogen-bond donors (Lipinski definition) is 0. The number of rotatable bonds is 4. The van der Waals surface area contributed by atoms with Gasteiger partial charge in [0.15, 0.2) is 0 Å². The van der Waals surface area contributed by atoms with Gasteiger partial charge in [0.2, 0.25) is 0 Å². The van der Waals surface area contributed by atoms with Crippen LogP contribution in [0, 0.1) is 10.1 Å². The maximum Gasteiger partial charge on any atom is 0.292 e. The van der Waals surface area contributed by atoms with Crippen molar-refractivity contribution in [3.05, 3.63) is 33.9 Å². The largest absolute Gasteiger partial charge is 0.363 e. The monoisotopic (exact) mass is 297 g/mol. The molecule has 1 fully saturated rings. The number of benzene rings is 1. The lowest BCUT2D eigenvalue weighted by molar-refractivity contribution is -0.384. The van der Waals surface area contributed by atoms with E-state index in [-0.39, 0.29) is 10.6 Å². The zero-order valence-electron chi connectivity index (χ0n) is 11.9. The Hall–Kier alpha value is -1.33. The summed E-state index contributed by atoms with van der Waals surface area (Å²) in [4.78, 5) is 15.4. The van der Waals surface area contributed by atoms with Crippen LogP contribution in [0.1, 0.15) is 19.4 Å². The van der Waals surface area contributed by atoms with Crippen molar-refractivity contribution in [1.82, 2.24) is 4.90 Å². The summed E-state index contributed by atoms with van der Waals surface area (Å²) in [5.41, 5.74) is 1.63. The average molecular weight is 298 g/mol. The first-order valence-corrected chi connectivity index (χ1v) is 7.42. The van der Waals surface area contributed by atoms with Gasteiger partial charge in [0.05, 0.1) is 4.92 Å². The summed E-state index contributed by atoms with van der Waals surface area (Å²) in [5, 5.41) is 11.3. The predicted molar refractivity (Wildman–Crippen MR) is 81.6 cm³/mol. The molecular weight excluding hydrogens is 278 g/mol. The van der Waals surface area contributed by atoms with Crippen molar-refractivity contribution in [2.75, 3.05) is 31.1 Å². The van der Waals surface area contributed by atoms with E-state index in [4.69, 9.17) is 11.6 Å². The molecule has 2 rings (SSSR count). The van der Waals surface area contributed by atoms with Crippen molar-refractivity contribution in [3.63, 3.8) is 0 Å². The van der Waals surface area contributed by atoms with Crippen LogP contribution in [0.2, 0.25) is 0 Å². The second-order valence-electron chi connectivity index (χ2n) is 5.14. The average Bonchev–Trinajstić information content (AvgIpc) is 2.46. The summed E-state index contributed by atoms with van der Waals surface area (Å²) in [6.45, 7) is 7.89. The molecule has 0 bridgehead atoms. The summed E-state index contributed by atoms with van der Waals surface area (Å²) in [6, 6.07) is 5.68. The molecule has 0 amide bonds. The van der Waals surface area contributed by atoms with E-state index in [0.29, 0.717) is 17.6 Å². The van der Waals surface area contributed by atoms with Gasteiger partial charge >= 0.3 is 0 Å². The summed E-state index contributed by atoms with van der Waals surface area (Å²) >= 11 is 5.76. The molecule has 0 spiro atoms. The zero-order chi connectivity index (χ0) is 14.7. The number of hydrogen-bond acceptors (Lipinski definition) is 4. The molecule has 1 aromatic rings. The van der Waals surface area contributed by atoms with Crippen molar-refractivity contribution >= 4 is 23.0 Å². The van der Waals surface area contributed by atoms with Gasteiger partial charge < -0.3 is 4.90 Å². The Morgan fingerprint density at radius 3 is 2.75 bits per heavy atom. The first kappa shape index (κ1) is 15.1. The molecule has 0 radical (unpaired) electrons. The van der Waals surface area contributed by atoms with Gasteiger partial charge in [-0.15, -0.1) is 11.6 Å². The molecule has 1 heterocycles. The Morgan fingerprint density at radius 1 is 1.45 bits per heavy atom. The molecule has 110 valence electrons. The van der Waals surface area contributed by atoms with E-state index in [1.807, 2.05) is 12.1 Å². The molecule has 20 heavy (non-hydrogen) atoms. The number of nitro benzene ring substituents is 1. The van der Waals surface area contributed by atoms with Crippen LogP contribution in [-0.4, -0.2) is 42.0 Å². The minimum atomic E-state index is -0.317. The van der Waals surface area contributed by atoms with Crippen molar-refractivity contribution in [1.29, 1.82) is 0 Å². The predicted octanol–water partition coefficient (Wildman–Crippen LogP) is 2.86. The Kier molecular flexibility index (Phi) is 4.83. The number of alkyl halides is 1. The topological polar surface area (TPSA) is 49.6 Å². The van der Waals surface area contributed by atoms with Crippen molar-refractivity contribution in [2.45, 2.75) is 25.8 Å². The lowest BCUT2D eigenvalue weighted by Gasteiger charge is -2.40. The quantitative estimate of drug-likeness (QED) is 0.487. The first-order chi connectivity index (χ1) is 9.56. The third-order valence-corrected chi connectivity index (χ3v) is 4.21. The van der Waals surface area contributed by atoms with E-state index in [1.165, 1.54) is 0 Å². The van der Waals surface area contributed by atoms with Crippen LogP contribution in [0.15, 0.2) is 18.2 Å². The van der Waals surface area contributed by atoms with E-state index in [0.717, 1.165) is 31.7 Å². The Bertz CT molecular complexity index is 495. The van der Waals surface area contributed by atoms with Crippen molar-refractivity contribution in [3.8, 4) is 0 Å². The summed E-state index contributed by atoms with van der Waals surface area (Å²) < 4.78 is 0. The fourth-order valence-electron chi connectivity index (χ4n) is 2.75. The smallest absolute Gasteiger partial charge is 0.292 e. The number of anilines is 1. The number of piperazine rings is 1. The van der Waals surface area contributed by atoms with Gasteiger partial charge in [0.1, 0.15) is 5.69 Å². The van der Waals surface area contributed by atoms with Crippen LogP contribution in [0.25, 0.3) is 0 Å². The highest BCUT2D eigenvalue weighted by molar-refractivity contribution is 6.17. The molecule has 1 unspecified atom stereocenters. The standard InChI is InChI=1S/C14H20ClN3O2/c1-3-16-6-7-17(10-11(16)2)13-5-4-12(9-15)8-14(13)18(19)20/h4-5,8,11H,3,6-7,9-10H2,1-2H3. The van der Waals surface area contributed by atoms with Gasteiger partial charge in [-0.05, 0) is 25.1 Å². The highest BCUT2D eigenvalue weighted by atomic mass is 35.5. The number of nitro groups is 1. The third kappa shape index (κ3) is 3.04. The molecule has 5 nitrogen and oxygen atoms in total. The molecule has 0 N–H and O–H groups in total. The fourth-order valence-corrected chi connectivity index (χ4v) is 2.92. The molecule has 1 aliphatic rings. The van der Waals surface area contributed by atoms with E-state index in [1.54, 1.807) is 6.07 Å². The lowest BCUT2D eigenvalue weighted by atomic mass is 10.1. The van der Waals surface area contributed by atoms with E-state index < -0.39 is 0 Å². The normalized spacial score (nSPS) is 20.1. The number of halogens is 1. The Morgan fingerprint density at radius 2 is 2.20 bits per heavy atom. The third-order valence-electron chi connectivity index (χ3n) is 3.90. The second-order valence-corrected chi connectivity index (χ2v) is 5.40. The van der Waals surface area contributed by atoms with E-state index in [2.05, 4.69) is 23.6 Å². The summed E-state index contributed by atoms with van der Waals surface area (Å²) in [5.74, 6) is 0.293. The van der Waals surface area contributed by atoms with Crippen LogP contribution >= 0.6 is 11.6 Å². The number of nitrogens with zero attached hydrogens (tertiary/aromatic N) is 3. The molecule has 1 aliphatic heterocycles. The zero-order valence-corrected chi connectivity index (χ0v) is 12.6. The maximum atomic E-state index is 11.3. The van der Waals surface area contributed by atoms with Crippen molar-refractivity contribution in [2.24, 2.45) is 0 Å². The Labute approximate surface area is 124 Å². The van der Waals surface area contributed by atoms with Gasteiger partial charge in [0, 0.05) is 37.6 Å². The molecule has 6 heteroatoms. The highest BCUT2D eigenvalue weighted by Crippen LogP contribution is 2.31. The van der Waals surface area contributed by atoms with E-state index >= 15 is 0 Å². The van der Waals surface area contributed by atoms with Gasteiger partial charge in [-0.2, -0.15) is 0 Å². The summed E-state index contributed by atoms with van der Waals surface area (Å²) in [6.07, 6.45) is 0. The molecule has 0 saturated carbocycles. The van der Waals surface area contributed by atoms with Crippen LogP contribution in [0.4, 0.5) is 11.4 Å². The van der Waals surface area contributed by atoms with Gasteiger partial charge in [-0.3, -0.25) is 15.0 Å². The Balaban J connectivity index is 2.26. The molecule has 1 atom stereocenters. The van der Waals surface area contributed by atoms with E-state index in [9.17, 15) is 10.1 Å². The van der Waals surface area contributed by atoms with Gasteiger partial charge in [-0.1, -0.05) is 13.0 Å². The molecular formula is C14H20ClN3O2. The van der Waals surface area contributed by atoms with Gasteiger partial charge in [-0.25, -0.2) is 0 Å². The summed E-state index contributed by atoms with van der Waals surface area (Å²) in [7, 11) is 0. The highest BCUT2D eigenvalue weighted by Gasteiger charge is 2.27.